The van der Waals surface area contributed by atoms with Crippen molar-refractivity contribution in [3.63, 3.8) is 0 Å². The van der Waals surface area contributed by atoms with Crippen molar-refractivity contribution >= 4 is 23.3 Å². The summed E-state index contributed by atoms with van der Waals surface area (Å²) in [6.07, 6.45) is 0. The normalized spacial score (nSPS) is 11.2. The first-order valence-corrected chi connectivity index (χ1v) is 7.77. The van der Waals surface area contributed by atoms with E-state index in [2.05, 4.69) is 20.8 Å². The topological polar surface area (TPSA) is 69.4 Å². The first-order valence-electron chi connectivity index (χ1n) is 7.39. The fraction of sp³-hybridized carbons (Fsp3) is 0.278. The Morgan fingerprint density at radius 2 is 1.79 bits per heavy atom. The smallest absolute Gasteiger partial charge is 0.338 e. The van der Waals surface area contributed by atoms with Gasteiger partial charge in [0, 0.05) is 6.07 Å². The van der Waals surface area contributed by atoms with Crippen molar-refractivity contribution in [3.8, 4) is 0 Å². The number of nitro benzene ring substituents is 1. The largest absolute Gasteiger partial charge is 0.457 e. The predicted molar refractivity (Wildman–Crippen MR) is 92.4 cm³/mol. The van der Waals surface area contributed by atoms with Gasteiger partial charge in [0.05, 0.1) is 10.5 Å². The Bertz CT molecular complexity index is 764. The second-order valence-corrected chi connectivity index (χ2v) is 6.85. The lowest BCUT2D eigenvalue weighted by Gasteiger charge is -2.19. The second-order valence-electron chi connectivity index (χ2n) is 6.45. The average molecular weight is 348 g/mol. The van der Waals surface area contributed by atoms with E-state index in [0.29, 0.717) is 0 Å². The SMILES string of the molecule is CC(C)(C)c1ccc(COC(=O)c2ccc(Cl)c([N+](=O)[O-])c2)cc1. The Morgan fingerprint density at radius 3 is 2.33 bits per heavy atom. The van der Waals surface area contributed by atoms with E-state index < -0.39 is 10.9 Å². The van der Waals surface area contributed by atoms with E-state index in [1.807, 2.05) is 24.3 Å². The maximum atomic E-state index is 12.0. The van der Waals surface area contributed by atoms with E-state index >= 15 is 0 Å². The average Bonchev–Trinajstić information content (AvgIpc) is 2.52. The number of carbonyl (C=O) groups is 1. The molecule has 0 saturated carbocycles. The first-order chi connectivity index (χ1) is 11.2. The molecule has 2 rings (SSSR count). The Kier molecular flexibility index (Phi) is 5.24. The summed E-state index contributed by atoms with van der Waals surface area (Å²) in [6.45, 7) is 6.46. The second kappa shape index (κ2) is 7.01. The van der Waals surface area contributed by atoms with Crippen LogP contribution in [0.15, 0.2) is 42.5 Å². The molecule has 0 spiro atoms. The van der Waals surface area contributed by atoms with Crippen LogP contribution in [0.2, 0.25) is 5.02 Å². The van der Waals surface area contributed by atoms with Gasteiger partial charge in [0.1, 0.15) is 11.6 Å². The summed E-state index contributed by atoms with van der Waals surface area (Å²) in [6, 6.07) is 11.6. The van der Waals surface area contributed by atoms with Crippen LogP contribution >= 0.6 is 11.6 Å². The van der Waals surface area contributed by atoms with E-state index in [4.69, 9.17) is 16.3 Å². The summed E-state index contributed by atoms with van der Waals surface area (Å²) in [5, 5.41) is 10.8. The van der Waals surface area contributed by atoms with Crippen LogP contribution in [0, 0.1) is 10.1 Å². The molecule has 0 saturated heterocycles. The fourth-order valence-electron chi connectivity index (χ4n) is 2.11. The number of hydrogen-bond acceptors (Lipinski definition) is 4. The van der Waals surface area contributed by atoms with E-state index in [1.165, 1.54) is 17.7 Å². The molecule has 0 amide bonds. The van der Waals surface area contributed by atoms with Crippen LogP contribution in [0.1, 0.15) is 42.3 Å². The minimum atomic E-state index is -0.635. The molecule has 0 bridgehead atoms. The van der Waals surface area contributed by atoms with Gasteiger partial charge < -0.3 is 4.74 Å². The van der Waals surface area contributed by atoms with Crippen LogP contribution in [0.5, 0.6) is 0 Å². The molecule has 6 heteroatoms. The zero-order valence-electron chi connectivity index (χ0n) is 13.7. The van der Waals surface area contributed by atoms with E-state index in [1.54, 1.807) is 0 Å². The summed E-state index contributed by atoms with van der Waals surface area (Å²) in [5.74, 6) is -0.630. The van der Waals surface area contributed by atoms with Gasteiger partial charge in [-0.05, 0) is 28.7 Å². The molecule has 0 aliphatic rings. The maximum Gasteiger partial charge on any atom is 0.338 e. The Labute approximate surface area is 145 Å². The minimum absolute atomic E-state index is 0.0191. The lowest BCUT2D eigenvalue weighted by molar-refractivity contribution is -0.384. The molecule has 0 radical (unpaired) electrons. The highest BCUT2D eigenvalue weighted by atomic mass is 35.5. The number of carbonyl (C=O) groups excluding carboxylic acids is 1. The molecule has 126 valence electrons. The number of ether oxygens (including phenoxy) is 1. The van der Waals surface area contributed by atoms with Crippen molar-refractivity contribution in [3.05, 3.63) is 74.3 Å². The molecular weight excluding hydrogens is 330 g/mol. The number of rotatable bonds is 4. The van der Waals surface area contributed by atoms with E-state index in [-0.39, 0.29) is 28.3 Å². The third kappa shape index (κ3) is 4.32. The molecule has 0 unspecified atom stereocenters. The number of esters is 1. The van der Waals surface area contributed by atoms with E-state index in [9.17, 15) is 14.9 Å². The predicted octanol–water partition coefficient (Wildman–Crippen LogP) is 4.90. The standard InChI is InChI=1S/C18H18ClNO4/c1-18(2,3)14-7-4-12(5-8-14)11-24-17(21)13-6-9-15(19)16(10-13)20(22)23/h4-10H,11H2,1-3H3. The molecule has 2 aromatic rings. The van der Waals surface area contributed by atoms with Crippen molar-refractivity contribution in [1.82, 2.24) is 0 Å². The Balaban J connectivity index is 2.06. The lowest BCUT2D eigenvalue weighted by atomic mass is 9.87. The van der Waals surface area contributed by atoms with Crippen LogP contribution in [0.3, 0.4) is 0 Å². The molecule has 5 nitrogen and oxygen atoms in total. The summed E-state index contributed by atoms with van der Waals surface area (Å²) in [5.41, 5.74) is 1.86. The first kappa shape index (κ1) is 17.9. The summed E-state index contributed by atoms with van der Waals surface area (Å²) >= 11 is 5.73. The maximum absolute atomic E-state index is 12.0. The van der Waals surface area contributed by atoms with Gasteiger partial charge in [-0.2, -0.15) is 0 Å². The molecule has 0 N–H and O–H groups in total. The molecule has 0 atom stereocenters. The van der Waals surface area contributed by atoms with Crippen molar-refractivity contribution in [2.75, 3.05) is 0 Å². The number of halogens is 1. The third-order valence-electron chi connectivity index (χ3n) is 3.57. The van der Waals surface area contributed by atoms with Gasteiger partial charge >= 0.3 is 5.97 Å². The lowest BCUT2D eigenvalue weighted by Crippen LogP contribution is -2.11. The molecule has 0 heterocycles. The summed E-state index contributed by atoms with van der Waals surface area (Å²) in [7, 11) is 0. The van der Waals surface area contributed by atoms with Gasteiger partial charge in [-0.1, -0.05) is 56.6 Å². The molecule has 0 aromatic heterocycles. The number of nitrogens with zero attached hydrogens (tertiary/aromatic N) is 1. The van der Waals surface area contributed by atoms with Crippen molar-refractivity contribution < 1.29 is 14.5 Å². The van der Waals surface area contributed by atoms with Gasteiger partial charge in [-0.15, -0.1) is 0 Å². The molecule has 24 heavy (non-hydrogen) atoms. The number of hydrogen-bond donors (Lipinski definition) is 0. The fourth-order valence-corrected chi connectivity index (χ4v) is 2.30. The molecule has 0 aliphatic carbocycles. The van der Waals surface area contributed by atoms with E-state index in [0.717, 1.165) is 11.6 Å². The van der Waals surface area contributed by atoms with Crippen molar-refractivity contribution in [2.24, 2.45) is 0 Å². The van der Waals surface area contributed by atoms with Crippen molar-refractivity contribution in [2.45, 2.75) is 32.8 Å². The number of benzene rings is 2. The molecule has 2 aromatic carbocycles. The molecule has 0 aliphatic heterocycles. The van der Waals surface area contributed by atoms with Gasteiger partial charge in [-0.25, -0.2) is 4.79 Å². The van der Waals surface area contributed by atoms with Crippen LogP contribution in [-0.4, -0.2) is 10.9 Å². The Hall–Kier alpha value is -2.40. The van der Waals surface area contributed by atoms with Gasteiger partial charge in [0.15, 0.2) is 0 Å². The monoisotopic (exact) mass is 347 g/mol. The molecular formula is C18H18ClNO4. The quantitative estimate of drug-likeness (QED) is 0.448. The zero-order chi connectivity index (χ0) is 17.9. The number of nitro groups is 1. The zero-order valence-corrected chi connectivity index (χ0v) is 14.5. The van der Waals surface area contributed by atoms with Gasteiger partial charge in [0.2, 0.25) is 0 Å². The molecule has 0 fully saturated rings. The summed E-state index contributed by atoms with van der Waals surface area (Å²) in [4.78, 5) is 22.3. The van der Waals surface area contributed by atoms with Gasteiger partial charge in [-0.3, -0.25) is 10.1 Å². The summed E-state index contributed by atoms with van der Waals surface area (Å²) < 4.78 is 5.21. The van der Waals surface area contributed by atoms with Crippen LogP contribution in [-0.2, 0) is 16.8 Å². The highest BCUT2D eigenvalue weighted by molar-refractivity contribution is 6.32. The Morgan fingerprint density at radius 1 is 1.17 bits per heavy atom. The van der Waals surface area contributed by atoms with Gasteiger partial charge in [0.25, 0.3) is 5.69 Å². The third-order valence-corrected chi connectivity index (χ3v) is 3.89. The van der Waals surface area contributed by atoms with Crippen LogP contribution in [0.25, 0.3) is 0 Å². The van der Waals surface area contributed by atoms with Crippen LogP contribution < -0.4 is 0 Å². The highest BCUT2D eigenvalue weighted by Gasteiger charge is 2.17. The van der Waals surface area contributed by atoms with Crippen molar-refractivity contribution in [1.29, 1.82) is 0 Å². The van der Waals surface area contributed by atoms with Crippen LogP contribution in [0.4, 0.5) is 5.69 Å². The minimum Gasteiger partial charge on any atom is -0.457 e. The highest BCUT2D eigenvalue weighted by Crippen LogP contribution is 2.26.